The Labute approximate surface area is 149 Å². The summed E-state index contributed by atoms with van der Waals surface area (Å²) in [6, 6.07) is 7.21. The summed E-state index contributed by atoms with van der Waals surface area (Å²) in [4.78, 5) is 15.5. The van der Waals surface area contributed by atoms with Crippen molar-refractivity contribution >= 4 is 17.7 Å². The number of furan rings is 1. The first-order valence-corrected chi connectivity index (χ1v) is 8.85. The van der Waals surface area contributed by atoms with Crippen molar-refractivity contribution in [1.29, 1.82) is 0 Å². The van der Waals surface area contributed by atoms with Crippen molar-refractivity contribution in [2.24, 2.45) is 0 Å². The number of nitrogens with zero attached hydrogens (tertiary/aromatic N) is 4. The largest absolute Gasteiger partial charge is 0.463 e. The number of hydrogen-bond donors (Lipinski definition) is 0. The normalized spacial score (nSPS) is 10.8. The minimum atomic E-state index is -0.481. The summed E-state index contributed by atoms with van der Waals surface area (Å²) >= 11 is 1.52. The first-order valence-electron chi connectivity index (χ1n) is 7.86. The Hall–Kier alpha value is -2.61. The Morgan fingerprint density at radius 1 is 1.24 bits per heavy atom. The highest BCUT2D eigenvalue weighted by molar-refractivity contribution is 7.98. The highest BCUT2D eigenvalue weighted by Crippen LogP contribution is 2.27. The molecule has 7 nitrogen and oxygen atoms in total. The molecule has 3 heterocycles. The van der Waals surface area contributed by atoms with Crippen LogP contribution in [0.4, 0.5) is 0 Å². The van der Waals surface area contributed by atoms with Crippen LogP contribution in [0.5, 0.6) is 0 Å². The van der Waals surface area contributed by atoms with Crippen LogP contribution in [-0.4, -0.2) is 32.8 Å². The van der Waals surface area contributed by atoms with Gasteiger partial charge >= 0.3 is 5.97 Å². The van der Waals surface area contributed by atoms with E-state index in [1.807, 2.05) is 12.1 Å². The Kier molecular flexibility index (Phi) is 5.49. The van der Waals surface area contributed by atoms with E-state index < -0.39 is 5.97 Å². The van der Waals surface area contributed by atoms with E-state index in [1.54, 1.807) is 24.5 Å². The van der Waals surface area contributed by atoms with Gasteiger partial charge in [-0.25, -0.2) is 4.79 Å². The lowest BCUT2D eigenvalue weighted by molar-refractivity contribution is 0.0563. The van der Waals surface area contributed by atoms with Gasteiger partial charge in [0.25, 0.3) is 0 Å². The molecule has 0 atom stereocenters. The van der Waals surface area contributed by atoms with Crippen LogP contribution < -0.4 is 0 Å². The van der Waals surface area contributed by atoms with E-state index in [1.165, 1.54) is 18.9 Å². The molecule has 0 radical (unpaired) electrons. The second kappa shape index (κ2) is 7.98. The van der Waals surface area contributed by atoms with Gasteiger partial charge in [0.05, 0.1) is 12.9 Å². The summed E-state index contributed by atoms with van der Waals surface area (Å²) in [6.45, 7) is 2.93. The fraction of sp³-hybridized carbons (Fsp3) is 0.294. The third-order valence-electron chi connectivity index (χ3n) is 3.49. The van der Waals surface area contributed by atoms with Crippen LogP contribution in [0.1, 0.15) is 29.7 Å². The third kappa shape index (κ3) is 3.90. The van der Waals surface area contributed by atoms with Gasteiger partial charge in [0.1, 0.15) is 5.76 Å². The number of hydrogen-bond acceptors (Lipinski definition) is 7. The molecule has 130 valence electrons. The van der Waals surface area contributed by atoms with Gasteiger partial charge in [0.2, 0.25) is 5.76 Å². The van der Waals surface area contributed by atoms with E-state index >= 15 is 0 Å². The van der Waals surface area contributed by atoms with Crippen molar-refractivity contribution in [3.8, 4) is 11.4 Å². The van der Waals surface area contributed by atoms with Crippen molar-refractivity contribution in [2.45, 2.75) is 30.8 Å². The molecule has 3 rings (SSSR count). The number of methoxy groups -OCH3 is 1. The topological polar surface area (TPSA) is 83.0 Å². The second-order valence-electron chi connectivity index (χ2n) is 5.24. The van der Waals surface area contributed by atoms with Crippen molar-refractivity contribution in [2.75, 3.05) is 7.11 Å². The van der Waals surface area contributed by atoms with E-state index in [9.17, 15) is 4.79 Å². The number of esters is 1. The van der Waals surface area contributed by atoms with Gasteiger partial charge < -0.3 is 13.7 Å². The van der Waals surface area contributed by atoms with Gasteiger partial charge in [0.15, 0.2) is 11.0 Å². The van der Waals surface area contributed by atoms with Gasteiger partial charge in [-0.1, -0.05) is 18.7 Å². The number of carbonyl (C=O) groups excluding carboxylic acids is 1. The molecule has 0 amide bonds. The zero-order valence-corrected chi connectivity index (χ0v) is 14.8. The fourth-order valence-electron chi connectivity index (χ4n) is 2.34. The molecule has 0 N–H and O–H groups in total. The van der Waals surface area contributed by atoms with E-state index in [0.29, 0.717) is 11.5 Å². The summed E-state index contributed by atoms with van der Waals surface area (Å²) < 4.78 is 12.2. The van der Waals surface area contributed by atoms with Gasteiger partial charge in [-0.15, -0.1) is 10.2 Å². The molecule has 0 saturated heterocycles. The minimum Gasteiger partial charge on any atom is -0.463 e. The Morgan fingerprint density at radius 3 is 2.76 bits per heavy atom. The molecular formula is C17H18N4O3S. The summed E-state index contributed by atoms with van der Waals surface area (Å²) in [5, 5.41) is 9.44. The summed E-state index contributed by atoms with van der Waals surface area (Å²) in [5.74, 6) is 1.77. The minimum absolute atomic E-state index is 0.200. The van der Waals surface area contributed by atoms with Crippen LogP contribution in [0.15, 0.2) is 46.2 Å². The van der Waals surface area contributed by atoms with Crippen LogP contribution in [0, 0.1) is 0 Å². The molecule has 0 unspecified atom stereocenters. The average Bonchev–Trinajstić information content (AvgIpc) is 3.27. The Balaban J connectivity index is 1.77. The lowest BCUT2D eigenvalue weighted by Crippen LogP contribution is -2.02. The van der Waals surface area contributed by atoms with Crippen LogP contribution in [0.2, 0.25) is 0 Å². The first-order chi connectivity index (χ1) is 12.2. The SMILES string of the molecule is CCCn1c(SCc2ccc(C(=O)OC)o2)nnc1-c1ccncc1. The third-order valence-corrected chi connectivity index (χ3v) is 4.48. The molecule has 3 aromatic heterocycles. The maximum Gasteiger partial charge on any atom is 0.373 e. The monoisotopic (exact) mass is 358 g/mol. The van der Waals surface area contributed by atoms with Crippen molar-refractivity contribution < 1.29 is 13.9 Å². The molecule has 0 bridgehead atoms. The number of carbonyl (C=O) groups is 1. The number of thioether (sulfide) groups is 1. The Morgan fingerprint density at radius 2 is 2.04 bits per heavy atom. The van der Waals surface area contributed by atoms with Gasteiger partial charge in [0, 0.05) is 24.5 Å². The quantitative estimate of drug-likeness (QED) is 0.472. The molecule has 0 saturated carbocycles. The number of ether oxygens (including phenoxy) is 1. The smallest absolute Gasteiger partial charge is 0.373 e. The van der Waals surface area contributed by atoms with E-state index in [-0.39, 0.29) is 5.76 Å². The first kappa shape index (κ1) is 17.2. The highest BCUT2D eigenvalue weighted by Gasteiger charge is 2.16. The lowest BCUT2D eigenvalue weighted by atomic mass is 10.2. The van der Waals surface area contributed by atoms with Crippen LogP contribution in [-0.2, 0) is 17.0 Å². The molecule has 0 aromatic carbocycles. The zero-order valence-electron chi connectivity index (χ0n) is 14.0. The van der Waals surface area contributed by atoms with Crippen LogP contribution in [0.3, 0.4) is 0 Å². The molecule has 0 spiro atoms. The molecular weight excluding hydrogens is 340 g/mol. The zero-order chi connectivity index (χ0) is 17.6. The maximum atomic E-state index is 11.4. The number of pyridine rings is 1. The van der Waals surface area contributed by atoms with Crippen molar-refractivity contribution in [3.63, 3.8) is 0 Å². The van der Waals surface area contributed by atoms with Crippen LogP contribution >= 0.6 is 11.8 Å². The maximum absolute atomic E-state index is 11.4. The number of aromatic nitrogens is 4. The number of rotatable bonds is 7. The molecule has 3 aromatic rings. The summed E-state index contributed by atoms with van der Waals surface area (Å²) in [5.41, 5.74) is 0.980. The van der Waals surface area contributed by atoms with E-state index in [2.05, 4.69) is 31.4 Å². The Bertz CT molecular complexity index is 845. The fourth-order valence-corrected chi connectivity index (χ4v) is 3.20. The molecule has 0 aliphatic rings. The molecule has 25 heavy (non-hydrogen) atoms. The average molecular weight is 358 g/mol. The van der Waals surface area contributed by atoms with Gasteiger partial charge in [-0.05, 0) is 30.7 Å². The summed E-state index contributed by atoms with van der Waals surface area (Å²) in [7, 11) is 1.33. The second-order valence-corrected chi connectivity index (χ2v) is 6.18. The van der Waals surface area contributed by atoms with Crippen LogP contribution in [0.25, 0.3) is 11.4 Å². The van der Waals surface area contributed by atoms with Gasteiger partial charge in [-0.3, -0.25) is 4.98 Å². The standard InChI is InChI=1S/C17H18N4O3S/c1-3-10-21-15(12-6-8-18-9-7-12)19-20-17(21)25-11-13-4-5-14(24-13)16(22)23-2/h4-9H,3,10-11H2,1-2H3. The predicted molar refractivity (Wildman–Crippen MR) is 93.2 cm³/mol. The molecule has 0 aliphatic carbocycles. The van der Waals surface area contributed by atoms with E-state index in [4.69, 9.17) is 4.42 Å². The van der Waals surface area contributed by atoms with Gasteiger partial charge in [-0.2, -0.15) is 0 Å². The lowest BCUT2D eigenvalue weighted by Gasteiger charge is -2.08. The van der Waals surface area contributed by atoms with Crippen molar-refractivity contribution in [1.82, 2.24) is 19.7 Å². The van der Waals surface area contributed by atoms with Crippen molar-refractivity contribution in [3.05, 3.63) is 48.2 Å². The van der Waals surface area contributed by atoms with E-state index in [0.717, 1.165) is 29.5 Å². The molecule has 0 aliphatic heterocycles. The molecule has 8 heteroatoms. The highest BCUT2D eigenvalue weighted by atomic mass is 32.2. The summed E-state index contributed by atoms with van der Waals surface area (Å²) in [6.07, 6.45) is 4.45. The predicted octanol–water partition coefficient (Wildman–Crippen LogP) is 3.42. The molecule has 0 fully saturated rings.